The molecule has 0 spiro atoms. The van der Waals surface area contributed by atoms with Crippen molar-refractivity contribution in [2.24, 2.45) is 5.92 Å². The summed E-state index contributed by atoms with van der Waals surface area (Å²) in [6, 6.07) is 11.9. The molecule has 0 saturated carbocycles. The maximum Gasteiger partial charge on any atom is 0.162 e. The molecule has 32 heavy (non-hydrogen) atoms. The Morgan fingerprint density at radius 1 is 0.812 bits per heavy atom. The van der Waals surface area contributed by atoms with Gasteiger partial charge in [0, 0.05) is 30.9 Å². The van der Waals surface area contributed by atoms with E-state index in [-0.39, 0.29) is 5.82 Å². The first kappa shape index (κ1) is 22.7. The largest absolute Gasteiger partial charge is 0.497 e. The van der Waals surface area contributed by atoms with E-state index < -0.39 is 0 Å². The molecule has 174 valence electrons. The summed E-state index contributed by atoms with van der Waals surface area (Å²) >= 11 is 0. The van der Waals surface area contributed by atoms with Gasteiger partial charge in [-0.05, 0) is 87.0 Å². The molecule has 0 N–H and O–H groups in total. The van der Waals surface area contributed by atoms with Crippen LogP contribution in [0.15, 0.2) is 36.4 Å². The van der Waals surface area contributed by atoms with E-state index in [1.165, 1.54) is 24.6 Å². The molecule has 2 aromatic carbocycles. The van der Waals surface area contributed by atoms with Gasteiger partial charge in [0.05, 0.1) is 21.3 Å². The van der Waals surface area contributed by atoms with Crippen LogP contribution in [0.3, 0.4) is 0 Å². The molecule has 0 amide bonds. The Balaban J connectivity index is 1.27. The van der Waals surface area contributed by atoms with Crippen LogP contribution in [0.5, 0.6) is 17.2 Å². The molecule has 0 aromatic heterocycles. The fourth-order valence-corrected chi connectivity index (χ4v) is 5.18. The molecule has 0 radical (unpaired) electrons. The molecular weight excluding hydrogens is 407 g/mol. The molecule has 5 nitrogen and oxygen atoms in total. The molecule has 2 aliphatic heterocycles. The van der Waals surface area contributed by atoms with Crippen LogP contribution >= 0.6 is 0 Å². The third-order valence-corrected chi connectivity index (χ3v) is 7.12. The van der Waals surface area contributed by atoms with Crippen LogP contribution in [0.4, 0.5) is 10.1 Å². The van der Waals surface area contributed by atoms with Crippen molar-refractivity contribution in [3.05, 3.63) is 47.8 Å². The molecule has 6 heteroatoms. The van der Waals surface area contributed by atoms with Crippen LogP contribution in [-0.2, 0) is 6.42 Å². The topological polar surface area (TPSA) is 34.2 Å². The zero-order valence-electron chi connectivity index (χ0n) is 19.5. The van der Waals surface area contributed by atoms with Crippen molar-refractivity contribution in [1.82, 2.24) is 4.90 Å². The van der Waals surface area contributed by atoms with Crippen LogP contribution < -0.4 is 19.1 Å². The molecule has 4 rings (SSSR count). The number of benzene rings is 2. The van der Waals surface area contributed by atoms with Gasteiger partial charge in [0.2, 0.25) is 0 Å². The molecule has 0 unspecified atom stereocenters. The van der Waals surface area contributed by atoms with E-state index in [4.69, 9.17) is 14.2 Å². The minimum absolute atomic E-state index is 0.115. The highest BCUT2D eigenvalue weighted by Gasteiger charge is 2.29. The summed E-state index contributed by atoms with van der Waals surface area (Å²) in [5.74, 6) is 2.71. The summed E-state index contributed by atoms with van der Waals surface area (Å²) in [5, 5.41) is 0. The molecule has 0 bridgehead atoms. The Morgan fingerprint density at radius 2 is 1.53 bits per heavy atom. The van der Waals surface area contributed by atoms with Crippen LogP contribution in [0, 0.1) is 11.7 Å². The first-order valence-electron chi connectivity index (χ1n) is 11.6. The van der Waals surface area contributed by atoms with Gasteiger partial charge < -0.3 is 24.0 Å². The number of hydrogen-bond donors (Lipinski definition) is 0. The zero-order valence-corrected chi connectivity index (χ0v) is 19.5. The summed E-state index contributed by atoms with van der Waals surface area (Å²) in [5.41, 5.74) is 1.98. The van der Waals surface area contributed by atoms with Crippen molar-refractivity contribution < 1.29 is 18.6 Å². The smallest absolute Gasteiger partial charge is 0.162 e. The summed E-state index contributed by atoms with van der Waals surface area (Å²) < 4.78 is 30.3. The quantitative estimate of drug-likeness (QED) is 0.617. The van der Waals surface area contributed by atoms with Crippen LogP contribution in [0.1, 0.15) is 31.2 Å². The lowest BCUT2D eigenvalue weighted by Gasteiger charge is -2.42. The number of likely N-dealkylation sites (tertiary alicyclic amines) is 1. The van der Waals surface area contributed by atoms with E-state index in [9.17, 15) is 4.39 Å². The molecule has 2 aliphatic rings. The summed E-state index contributed by atoms with van der Waals surface area (Å²) in [6.07, 6.45) is 5.40. The van der Waals surface area contributed by atoms with Crippen molar-refractivity contribution >= 4 is 5.69 Å². The van der Waals surface area contributed by atoms with Crippen LogP contribution in [-0.4, -0.2) is 58.5 Å². The second-order valence-electron chi connectivity index (χ2n) is 8.90. The second kappa shape index (κ2) is 10.4. The van der Waals surface area contributed by atoms with Gasteiger partial charge in [-0.2, -0.15) is 0 Å². The van der Waals surface area contributed by atoms with Crippen molar-refractivity contribution in [2.45, 2.75) is 38.1 Å². The zero-order chi connectivity index (χ0) is 22.5. The Kier molecular flexibility index (Phi) is 7.40. The first-order valence-corrected chi connectivity index (χ1v) is 11.6. The van der Waals surface area contributed by atoms with E-state index in [2.05, 4.69) is 21.9 Å². The van der Waals surface area contributed by atoms with E-state index in [1.54, 1.807) is 27.4 Å². The minimum atomic E-state index is -0.115. The highest BCUT2D eigenvalue weighted by Crippen LogP contribution is 2.34. The highest BCUT2D eigenvalue weighted by molar-refractivity contribution is 5.56. The molecular formula is C26H35FN2O3. The number of ether oxygens (including phenoxy) is 3. The average molecular weight is 443 g/mol. The molecule has 0 atom stereocenters. The maximum absolute atomic E-state index is 14.2. The fourth-order valence-electron chi connectivity index (χ4n) is 5.18. The van der Waals surface area contributed by atoms with Gasteiger partial charge in [0.1, 0.15) is 11.6 Å². The summed E-state index contributed by atoms with van der Waals surface area (Å²) in [7, 11) is 4.98. The van der Waals surface area contributed by atoms with Gasteiger partial charge in [0.15, 0.2) is 11.5 Å². The Hall–Kier alpha value is -2.47. The Bertz CT molecular complexity index is 891. The van der Waals surface area contributed by atoms with E-state index >= 15 is 0 Å². The minimum Gasteiger partial charge on any atom is -0.497 e. The van der Waals surface area contributed by atoms with Crippen molar-refractivity contribution in [3.8, 4) is 17.2 Å². The van der Waals surface area contributed by atoms with Gasteiger partial charge in [-0.15, -0.1) is 0 Å². The molecule has 2 fully saturated rings. The van der Waals surface area contributed by atoms with Gasteiger partial charge in [-0.3, -0.25) is 0 Å². The lowest BCUT2D eigenvalue weighted by molar-refractivity contribution is 0.115. The van der Waals surface area contributed by atoms with Gasteiger partial charge >= 0.3 is 0 Å². The summed E-state index contributed by atoms with van der Waals surface area (Å²) in [6.45, 7) is 4.32. The lowest BCUT2D eigenvalue weighted by Crippen LogP contribution is -2.48. The third-order valence-electron chi connectivity index (χ3n) is 7.12. The number of methoxy groups -OCH3 is 3. The maximum atomic E-state index is 14.2. The standard InChI is InChI=1S/C26H35FN2O3/c1-30-23-5-6-24(27)20(17-23)16-19-8-12-28(13-9-19)21-10-14-29(15-11-21)22-4-7-25(31-2)26(18-22)32-3/h4-7,17-19,21H,8-16H2,1-3H3. The third kappa shape index (κ3) is 5.12. The molecule has 0 aliphatic carbocycles. The van der Waals surface area contributed by atoms with Crippen LogP contribution in [0.25, 0.3) is 0 Å². The Morgan fingerprint density at radius 3 is 2.19 bits per heavy atom. The normalized spacial score (nSPS) is 18.6. The summed E-state index contributed by atoms with van der Waals surface area (Å²) in [4.78, 5) is 5.10. The van der Waals surface area contributed by atoms with E-state index in [1.807, 2.05) is 12.1 Å². The SMILES string of the molecule is COc1ccc(F)c(CC2CCN(C3CCN(c4ccc(OC)c(OC)c4)CC3)CC2)c1. The van der Waals surface area contributed by atoms with E-state index in [0.29, 0.717) is 12.0 Å². The van der Waals surface area contributed by atoms with Crippen LogP contribution in [0.2, 0.25) is 0 Å². The van der Waals surface area contributed by atoms with Crippen molar-refractivity contribution in [1.29, 1.82) is 0 Å². The van der Waals surface area contributed by atoms with Crippen molar-refractivity contribution in [3.63, 3.8) is 0 Å². The highest BCUT2D eigenvalue weighted by atomic mass is 19.1. The number of halogens is 1. The number of anilines is 1. The lowest BCUT2D eigenvalue weighted by atomic mass is 9.88. The predicted molar refractivity (Wildman–Crippen MR) is 126 cm³/mol. The van der Waals surface area contributed by atoms with E-state index in [0.717, 1.165) is 68.3 Å². The van der Waals surface area contributed by atoms with Gasteiger partial charge in [-0.25, -0.2) is 4.39 Å². The first-order chi connectivity index (χ1) is 15.6. The fraction of sp³-hybridized carbons (Fsp3) is 0.538. The molecule has 2 heterocycles. The molecule has 2 aromatic rings. The second-order valence-corrected chi connectivity index (χ2v) is 8.90. The monoisotopic (exact) mass is 442 g/mol. The van der Waals surface area contributed by atoms with Gasteiger partial charge in [0.25, 0.3) is 0 Å². The number of nitrogens with zero attached hydrogens (tertiary/aromatic N) is 2. The van der Waals surface area contributed by atoms with Crippen molar-refractivity contribution in [2.75, 3.05) is 52.4 Å². The number of piperidine rings is 2. The molecule has 2 saturated heterocycles. The number of hydrogen-bond acceptors (Lipinski definition) is 5. The Labute approximate surface area is 191 Å². The average Bonchev–Trinajstić information content (AvgIpc) is 2.85. The van der Waals surface area contributed by atoms with Gasteiger partial charge in [-0.1, -0.05) is 0 Å². The predicted octanol–water partition coefficient (Wildman–Crippen LogP) is 4.78. The number of rotatable bonds is 7.